The van der Waals surface area contributed by atoms with Crippen LogP contribution < -0.4 is 4.74 Å². The van der Waals surface area contributed by atoms with Crippen LogP contribution in [0.2, 0.25) is 0 Å². The molecule has 0 radical (unpaired) electrons. The largest absolute Gasteiger partial charge is 0.493 e. The fourth-order valence-electron chi connectivity index (χ4n) is 1.88. The average Bonchev–Trinajstić information content (AvgIpc) is 2.84. The first kappa shape index (κ1) is 14.6. The highest BCUT2D eigenvalue weighted by atomic mass is 16.5. The smallest absolute Gasteiger partial charge is 0.348 e. The number of carbonyl (C=O) groups excluding carboxylic acids is 1. The first-order chi connectivity index (χ1) is 10.1. The third-order valence-corrected chi connectivity index (χ3v) is 2.73. The molecule has 0 aliphatic carbocycles. The van der Waals surface area contributed by atoms with Crippen molar-refractivity contribution >= 4 is 23.1 Å². The van der Waals surface area contributed by atoms with Gasteiger partial charge >= 0.3 is 5.97 Å². The molecule has 108 valence electrons. The highest BCUT2D eigenvalue weighted by molar-refractivity contribution is 5.98. The predicted octanol–water partition coefficient (Wildman–Crippen LogP) is 2.61. The first-order valence-corrected chi connectivity index (χ1v) is 6.33. The SMILES string of the molecule is CCOC(=O)/C(C#N)=C/c1cc(OC)c2oc(C)nc2c1. The van der Waals surface area contributed by atoms with E-state index in [-0.39, 0.29) is 12.2 Å². The number of esters is 1. The lowest BCUT2D eigenvalue weighted by atomic mass is 10.1. The molecular weight excluding hydrogens is 272 g/mol. The van der Waals surface area contributed by atoms with Gasteiger partial charge < -0.3 is 13.9 Å². The van der Waals surface area contributed by atoms with Gasteiger partial charge in [-0.1, -0.05) is 0 Å². The number of aromatic nitrogens is 1. The fourth-order valence-corrected chi connectivity index (χ4v) is 1.88. The standard InChI is InChI=1S/C15H14N2O4/c1-4-20-15(18)11(8-16)5-10-6-12-14(13(7-10)19-3)21-9(2)17-12/h5-7H,4H2,1-3H3/b11-5+. The van der Waals surface area contributed by atoms with Gasteiger partial charge in [0.15, 0.2) is 17.2 Å². The van der Waals surface area contributed by atoms with E-state index in [2.05, 4.69) is 4.98 Å². The Morgan fingerprint density at radius 1 is 1.52 bits per heavy atom. The fraction of sp³-hybridized carbons (Fsp3) is 0.267. The number of ether oxygens (including phenoxy) is 2. The normalized spacial score (nSPS) is 11.2. The van der Waals surface area contributed by atoms with E-state index in [1.807, 2.05) is 6.07 Å². The molecule has 0 atom stereocenters. The van der Waals surface area contributed by atoms with E-state index in [9.17, 15) is 4.79 Å². The lowest BCUT2D eigenvalue weighted by Crippen LogP contribution is -2.06. The highest BCUT2D eigenvalue weighted by Crippen LogP contribution is 2.29. The van der Waals surface area contributed by atoms with E-state index in [1.165, 1.54) is 13.2 Å². The van der Waals surface area contributed by atoms with Gasteiger partial charge in [-0.2, -0.15) is 5.26 Å². The number of oxazole rings is 1. The Hall–Kier alpha value is -2.81. The maximum absolute atomic E-state index is 11.6. The van der Waals surface area contributed by atoms with Crippen molar-refractivity contribution in [1.82, 2.24) is 4.98 Å². The van der Waals surface area contributed by atoms with Crippen molar-refractivity contribution in [1.29, 1.82) is 5.26 Å². The van der Waals surface area contributed by atoms with Crippen molar-refractivity contribution in [3.63, 3.8) is 0 Å². The Kier molecular flexibility index (Phi) is 4.24. The van der Waals surface area contributed by atoms with Gasteiger partial charge in [-0.3, -0.25) is 0 Å². The van der Waals surface area contributed by atoms with E-state index in [1.54, 1.807) is 26.0 Å². The Balaban J connectivity index is 2.51. The van der Waals surface area contributed by atoms with E-state index >= 15 is 0 Å². The third-order valence-electron chi connectivity index (χ3n) is 2.73. The van der Waals surface area contributed by atoms with Crippen LogP contribution in [-0.4, -0.2) is 24.7 Å². The van der Waals surface area contributed by atoms with Gasteiger partial charge in [-0.25, -0.2) is 9.78 Å². The quantitative estimate of drug-likeness (QED) is 0.488. The van der Waals surface area contributed by atoms with Crippen molar-refractivity contribution in [2.45, 2.75) is 13.8 Å². The topological polar surface area (TPSA) is 85.4 Å². The average molecular weight is 286 g/mol. The summed E-state index contributed by atoms with van der Waals surface area (Å²) in [6.45, 7) is 3.62. The van der Waals surface area contributed by atoms with Gasteiger partial charge in [0, 0.05) is 6.92 Å². The van der Waals surface area contributed by atoms with Gasteiger partial charge in [0.2, 0.25) is 0 Å². The maximum atomic E-state index is 11.6. The second kappa shape index (κ2) is 6.09. The van der Waals surface area contributed by atoms with Crippen molar-refractivity contribution in [3.05, 3.63) is 29.2 Å². The first-order valence-electron chi connectivity index (χ1n) is 6.33. The lowest BCUT2D eigenvalue weighted by Gasteiger charge is -2.03. The van der Waals surface area contributed by atoms with Crippen LogP contribution in [0.15, 0.2) is 22.1 Å². The van der Waals surface area contributed by atoms with Crippen LogP contribution in [0.3, 0.4) is 0 Å². The number of nitriles is 1. The van der Waals surface area contributed by atoms with Crippen LogP contribution in [0.5, 0.6) is 5.75 Å². The summed E-state index contributed by atoms with van der Waals surface area (Å²) >= 11 is 0. The number of nitrogens with zero attached hydrogens (tertiary/aromatic N) is 2. The Morgan fingerprint density at radius 3 is 2.90 bits per heavy atom. The van der Waals surface area contributed by atoms with Crippen molar-refractivity contribution < 1.29 is 18.7 Å². The number of hydrogen-bond donors (Lipinski definition) is 0. The number of fused-ring (bicyclic) bond motifs is 1. The van der Waals surface area contributed by atoms with Crippen molar-refractivity contribution in [3.8, 4) is 11.8 Å². The van der Waals surface area contributed by atoms with Crippen LogP contribution in [0, 0.1) is 18.3 Å². The summed E-state index contributed by atoms with van der Waals surface area (Å²) in [6, 6.07) is 5.21. The maximum Gasteiger partial charge on any atom is 0.348 e. The second-order valence-electron chi connectivity index (χ2n) is 4.19. The molecule has 6 heteroatoms. The van der Waals surface area contributed by atoms with Gasteiger partial charge in [-0.15, -0.1) is 0 Å². The molecule has 21 heavy (non-hydrogen) atoms. The number of benzene rings is 1. The summed E-state index contributed by atoms with van der Waals surface area (Å²) in [5.41, 5.74) is 1.65. The van der Waals surface area contributed by atoms with Crippen molar-refractivity contribution in [2.75, 3.05) is 13.7 Å². The summed E-state index contributed by atoms with van der Waals surface area (Å²) in [5, 5.41) is 9.04. The molecule has 0 fully saturated rings. The van der Waals surface area contributed by atoms with Crippen LogP contribution >= 0.6 is 0 Å². The highest BCUT2D eigenvalue weighted by Gasteiger charge is 2.13. The number of hydrogen-bond acceptors (Lipinski definition) is 6. The van der Waals surface area contributed by atoms with E-state index in [4.69, 9.17) is 19.2 Å². The van der Waals surface area contributed by atoms with Gasteiger partial charge in [-0.05, 0) is 30.7 Å². The number of carbonyl (C=O) groups is 1. The van der Waals surface area contributed by atoms with Gasteiger partial charge in [0.1, 0.15) is 17.2 Å². The predicted molar refractivity (Wildman–Crippen MR) is 75.5 cm³/mol. The Morgan fingerprint density at radius 2 is 2.29 bits per heavy atom. The molecule has 0 unspecified atom stereocenters. The minimum atomic E-state index is -0.657. The zero-order chi connectivity index (χ0) is 15.4. The monoisotopic (exact) mass is 286 g/mol. The number of aryl methyl sites for hydroxylation is 1. The molecule has 2 aromatic rings. The van der Waals surface area contributed by atoms with E-state index < -0.39 is 5.97 Å². The molecular formula is C15H14N2O4. The van der Waals surface area contributed by atoms with Gasteiger partial charge in [0.05, 0.1) is 13.7 Å². The minimum Gasteiger partial charge on any atom is -0.493 e. The number of rotatable bonds is 4. The molecule has 0 amide bonds. The van der Waals surface area contributed by atoms with Gasteiger partial charge in [0.25, 0.3) is 0 Å². The van der Waals surface area contributed by atoms with Crippen molar-refractivity contribution in [2.24, 2.45) is 0 Å². The van der Waals surface area contributed by atoms with Crippen LogP contribution in [0.1, 0.15) is 18.4 Å². The Labute approximate surface area is 121 Å². The summed E-state index contributed by atoms with van der Waals surface area (Å²) in [4.78, 5) is 15.8. The summed E-state index contributed by atoms with van der Waals surface area (Å²) in [5.74, 6) is 0.339. The molecule has 6 nitrogen and oxygen atoms in total. The minimum absolute atomic E-state index is 0.0848. The number of methoxy groups -OCH3 is 1. The molecule has 0 saturated heterocycles. The summed E-state index contributed by atoms with van der Waals surface area (Å²) < 4.78 is 15.5. The molecule has 2 rings (SSSR count). The van der Waals surface area contributed by atoms with Crippen LogP contribution in [0.4, 0.5) is 0 Å². The summed E-state index contributed by atoms with van der Waals surface area (Å²) in [7, 11) is 1.51. The molecule has 0 N–H and O–H groups in total. The second-order valence-corrected chi connectivity index (χ2v) is 4.19. The van der Waals surface area contributed by atoms with E-state index in [0.29, 0.717) is 28.3 Å². The third kappa shape index (κ3) is 3.03. The molecule has 1 aromatic carbocycles. The zero-order valence-electron chi connectivity index (χ0n) is 12.0. The van der Waals surface area contributed by atoms with Crippen LogP contribution in [0.25, 0.3) is 17.2 Å². The lowest BCUT2D eigenvalue weighted by molar-refractivity contribution is -0.137. The van der Waals surface area contributed by atoms with E-state index in [0.717, 1.165) is 0 Å². The summed E-state index contributed by atoms with van der Waals surface area (Å²) in [6.07, 6.45) is 1.43. The Bertz CT molecular complexity index is 753. The molecule has 0 spiro atoms. The molecule has 1 heterocycles. The molecule has 1 aromatic heterocycles. The van der Waals surface area contributed by atoms with Crippen LogP contribution in [-0.2, 0) is 9.53 Å². The molecule has 0 aliphatic rings. The molecule has 0 saturated carbocycles. The molecule has 0 bridgehead atoms. The zero-order valence-corrected chi connectivity index (χ0v) is 12.0. The molecule has 0 aliphatic heterocycles.